The van der Waals surface area contributed by atoms with Crippen LogP contribution in [0.2, 0.25) is 0 Å². The lowest BCUT2D eigenvalue weighted by atomic mass is 9.74. The van der Waals surface area contributed by atoms with Crippen molar-refractivity contribution in [3.05, 3.63) is 65.4 Å². The SMILES string of the molecule is C=C(/C(C)=C/C)N1CCC2(C=Cc3ccccc32)CC1. The third-order valence-corrected chi connectivity index (χ3v) is 5.00. The first-order valence-corrected chi connectivity index (χ1v) is 7.52. The first-order valence-electron chi connectivity index (χ1n) is 7.52. The van der Waals surface area contributed by atoms with E-state index in [1.165, 1.54) is 35.2 Å². The van der Waals surface area contributed by atoms with Crippen LogP contribution in [0.5, 0.6) is 0 Å². The Balaban J connectivity index is 1.77. The molecule has 1 saturated heterocycles. The Labute approximate surface area is 122 Å². The van der Waals surface area contributed by atoms with Gasteiger partial charge < -0.3 is 4.90 Å². The molecular weight excluding hydrogens is 242 g/mol. The first kappa shape index (κ1) is 13.2. The van der Waals surface area contributed by atoms with Gasteiger partial charge in [0, 0.05) is 24.2 Å². The summed E-state index contributed by atoms with van der Waals surface area (Å²) in [5.74, 6) is 0. The summed E-state index contributed by atoms with van der Waals surface area (Å²) in [5.41, 5.74) is 5.69. The van der Waals surface area contributed by atoms with Crippen LogP contribution in [0, 0.1) is 0 Å². The van der Waals surface area contributed by atoms with Crippen LogP contribution >= 0.6 is 0 Å². The molecular formula is C19H23N. The molecule has 1 aliphatic carbocycles. The highest BCUT2D eigenvalue weighted by molar-refractivity contribution is 5.65. The zero-order chi connectivity index (χ0) is 14.2. The number of allylic oxidation sites excluding steroid dienone is 3. The second kappa shape index (κ2) is 4.97. The highest BCUT2D eigenvalue weighted by atomic mass is 15.1. The van der Waals surface area contributed by atoms with Crippen LogP contribution in [0.15, 0.2) is 54.3 Å². The van der Waals surface area contributed by atoms with Crippen molar-refractivity contribution in [1.29, 1.82) is 0 Å². The molecule has 0 bridgehead atoms. The monoisotopic (exact) mass is 265 g/mol. The van der Waals surface area contributed by atoms with E-state index < -0.39 is 0 Å². The number of hydrogen-bond acceptors (Lipinski definition) is 1. The number of rotatable bonds is 2. The van der Waals surface area contributed by atoms with Crippen molar-refractivity contribution in [3.63, 3.8) is 0 Å². The lowest BCUT2D eigenvalue weighted by molar-refractivity contribution is 0.230. The molecule has 104 valence electrons. The predicted molar refractivity (Wildman–Crippen MR) is 86.5 cm³/mol. The van der Waals surface area contributed by atoms with Gasteiger partial charge in [0.05, 0.1) is 0 Å². The molecule has 1 spiro atoms. The maximum absolute atomic E-state index is 4.25. The summed E-state index contributed by atoms with van der Waals surface area (Å²) in [6.07, 6.45) is 9.27. The standard InChI is InChI=1S/C19H23N/c1-4-15(2)16(3)20-13-11-19(12-14-20)10-9-17-7-5-6-8-18(17)19/h4-10H,3,11-14H2,1-2H3/b15-4+. The predicted octanol–water partition coefficient (Wildman–Crippen LogP) is 4.53. The van der Waals surface area contributed by atoms with Gasteiger partial charge in [0.2, 0.25) is 0 Å². The first-order chi connectivity index (χ1) is 9.66. The zero-order valence-electron chi connectivity index (χ0n) is 12.5. The summed E-state index contributed by atoms with van der Waals surface area (Å²) < 4.78 is 0. The van der Waals surface area contributed by atoms with Crippen LogP contribution in [0.4, 0.5) is 0 Å². The van der Waals surface area contributed by atoms with Crippen molar-refractivity contribution in [2.24, 2.45) is 0 Å². The average Bonchev–Trinajstić information content (AvgIpc) is 2.86. The summed E-state index contributed by atoms with van der Waals surface area (Å²) in [7, 11) is 0. The summed E-state index contributed by atoms with van der Waals surface area (Å²) >= 11 is 0. The molecule has 3 rings (SSSR count). The normalized spacial score (nSPS) is 20.3. The molecule has 1 aromatic rings. The number of hydrogen-bond donors (Lipinski definition) is 0. The van der Waals surface area contributed by atoms with Gasteiger partial charge in [0.25, 0.3) is 0 Å². The van der Waals surface area contributed by atoms with Crippen LogP contribution in [0.25, 0.3) is 6.08 Å². The number of fused-ring (bicyclic) bond motifs is 2. The van der Waals surface area contributed by atoms with E-state index >= 15 is 0 Å². The molecule has 20 heavy (non-hydrogen) atoms. The molecule has 1 aromatic carbocycles. The topological polar surface area (TPSA) is 3.24 Å². The second-order valence-electron chi connectivity index (χ2n) is 5.98. The molecule has 1 nitrogen and oxygen atoms in total. The molecule has 0 saturated carbocycles. The highest BCUT2D eigenvalue weighted by Crippen LogP contribution is 2.44. The van der Waals surface area contributed by atoms with Crippen molar-refractivity contribution < 1.29 is 0 Å². The van der Waals surface area contributed by atoms with Crippen molar-refractivity contribution >= 4 is 6.08 Å². The van der Waals surface area contributed by atoms with E-state index in [9.17, 15) is 0 Å². The van der Waals surface area contributed by atoms with Crippen LogP contribution in [0.1, 0.15) is 37.8 Å². The minimum atomic E-state index is 0.275. The fourth-order valence-electron chi connectivity index (χ4n) is 3.46. The van der Waals surface area contributed by atoms with Gasteiger partial charge in [-0.25, -0.2) is 0 Å². The molecule has 1 heteroatoms. The molecule has 0 unspecified atom stereocenters. The van der Waals surface area contributed by atoms with Crippen LogP contribution in [-0.4, -0.2) is 18.0 Å². The lowest BCUT2D eigenvalue weighted by Crippen LogP contribution is -2.40. The number of nitrogens with zero attached hydrogens (tertiary/aromatic N) is 1. The highest BCUT2D eigenvalue weighted by Gasteiger charge is 2.37. The van der Waals surface area contributed by atoms with Gasteiger partial charge in [-0.1, -0.05) is 49.1 Å². The van der Waals surface area contributed by atoms with Crippen molar-refractivity contribution in [2.45, 2.75) is 32.1 Å². The summed E-state index contributed by atoms with van der Waals surface area (Å²) in [6.45, 7) is 10.7. The fraction of sp³-hybridized carbons (Fsp3) is 0.368. The number of piperidine rings is 1. The van der Waals surface area contributed by atoms with Crippen LogP contribution in [0.3, 0.4) is 0 Å². The molecule has 0 atom stereocenters. The smallest absolute Gasteiger partial charge is 0.0319 e. The summed E-state index contributed by atoms with van der Waals surface area (Å²) in [4.78, 5) is 2.44. The van der Waals surface area contributed by atoms with Crippen molar-refractivity contribution in [2.75, 3.05) is 13.1 Å². The molecule has 0 N–H and O–H groups in total. The zero-order valence-corrected chi connectivity index (χ0v) is 12.5. The Morgan fingerprint density at radius 3 is 2.65 bits per heavy atom. The van der Waals surface area contributed by atoms with Crippen molar-refractivity contribution in [3.8, 4) is 0 Å². The molecule has 1 fully saturated rings. The van der Waals surface area contributed by atoms with E-state index in [-0.39, 0.29) is 5.41 Å². The maximum Gasteiger partial charge on any atom is 0.0319 e. The van der Waals surface area contributed by atoms with Gasteiger partial charge in [-0.15, -0.1) is 0 Å². The molecule has 1 heterocycles. The minimum absolute atomic E-state index is 0.275. The van der Waals surface area contributed by atoms with Crippen LogP contribution < -0.4 is 0 Å². The average molecular weight is 265 g/mol. The number of likely N-dealkylation sites (tertiary alicyclic amines) is 1. The Kier molecular flexibility index (Phi) is 3.29. The van der Waals surface area contributed by atoms with Crippen LogP contribution in [-0.2, 0) is 5.41 Å². The Morgan fingerprint density at radius 2 is 1.95 bits per heavy atom. The Bertz CT molecular complexity index is 584. The molecule has 0 radical (unpaired) electrons. The van der Waals surface area contributed by atoms with Gasteiger partial charge in [-0.2, -0.15) is 0 Å². The van der Waals surface area contributed by atoms with Gasteiger partial charge in [-0.3, -0.25) is 0 Å². The van der Waals surface area contributed by atoms with E-state index in [1.807, 2.05) is 0 Å². The maximum atomic E-state index is 4.25. The largest absolute Gasteiger partial charge is 0.372 e. The van der Waals surface area contributed by atoms with E-state index in [2.05, 4.69) is 67.8 Å². The minimum Gasteiger partial charge on any atom is -0.372 e. The molecule has 0 amide bonds. The summed E-state index contributed by atoms with van der Waals surface area (Å²) in [6, 6.07) is 8.84. The van der Waals surface area contributed by atoms with Gasteiger partial charge >= 0.3 is 0 Å². The summed E-state index contributed by atoms with van der Waals surface area (Å²) in [5, 5.41) is 0. The third kappa shape index (κ3) is 2.02. The van der Waals surface area contributed by atoms with E-state index in [4.69, 9.17) is 0 Å². The van der Waals surface area contributed by atoms with Crippen molar-refractivity contribution in [1.82, 2.24) is 4.90 Å². The van der Waals surface area contributed by atoms with E-state index in [0.29, 0.717) is 0 Å². The number of benzene rings is 1. The lowest BCUT2D eigenvalue weighted by Gasteiger charge is -2.41. The quantitative estimate of drug-likeness (QED) is 0.710. The third-order valence-electron chi connectivity index (χ3n) is 5.00. The molecule has 0 aromatic heterocycles. The van der Waals surface area contributed by atoms with E-state index in [0.717, 1.165) is 13.1 Å². The van der Waals surface area contributed by atoms with Gasteiger partial charge in [0.1, 0.15) is 0 Å². The Hall–Kier alpha value is -1.76. The fourth-order valence-corrected chi connectivity index (χ4v) is 3.46. The second-order valence-corrected chi connectivity index (χ2v) is 5.98. The van der Waals surface area contributed by atoms with Gasteiger partial charge in [-0.05, 0) is 43.4 Å². The van der Waals surface area contributed by atoms with Gasteiger partial charge in [0.15, 0.2) is 0 Å². The van der Waals surface area contributed by atoms with E-state index in [1.54, 1.807) is 0 Å². The Morgan fingerprint density at radius 1 is 1.25 bits per heavy atom. The molecule has 2 aliphatic rings. The molecule has 1 aliphatic heterocycles.